The summed E-state index contributed by atoms with van der Waals surface area (Å²) in [6.45, 7) is 5.77. The minimum atomic E-state index is -0.323. The van der Waals surface area contributed by atoms with Crippen LogP contribution in [0.15, 0.2) is 28.0 Å². The van der Waals surface area contributed by atoms with Crippen molar-refractivity contribution in [3.63, 3.8) is 0 Å². The fraction of sp³-hybridized carbons (Fsp3) is 0.286. The summed E-state index contributed by atoms with van der Waals surface area (Å²) < 4.78 is 7.12. The number of carbonyl (C=O) groups excluding carboxylic acids is 1. The average molecular weight is 317 g/mol. The van der Waals surface area contributed by atoms with E-state index in [0.29, 0.717) is 11.6 Å². The van der Waals surface area contributed by atoms with Crippen LogP contribution in [0, 0.1) is 6.92 Å². The number of aromatic nitrogens is 4. The van der Waals surface area contributed by atoms with Gasteiger partial charge in [-0.1, -0.05) is 11.2 Å². The lowest BCUT2D eigenvalue weighted by Crippen LogP contribution is -2.19. The number of anilines is 1. The van der Waals surface area contributed by atoms with Crippen LogP contribution in [0.5, 0.6) is 0 Å². The van der Waals surface area contributed by atoms with Crippen molar-refractivity contribution < 1.29 is 9.21 Å². The Bertz CT molecular complexity index is 788. The van der Waals surface area contributed by atoms with E-state index in [-0.39, 0.29) is 18.0 Å². The Hall–Kier alpha value is -2.48. The van der Waals surface area contributed by atoms with Crippen LogP contribution in [-0.2, 0) is 0 Å². The van der Waals surface area contributed by atoms with E-state index in [1.807, 2.05) is 38.3 Å². The van der Waals surface area contributed by atoms with Crippen molar-refractivity contribution in [2.75, 3.05) is 5.32 Å². The summed E-state index contributed by atoms with van der Waals surface area (Å²) in [5.74, 6) is 0.0644. The van der Waals surface area contributed by atoms with Gasteiger partial charge in [-0.25, -0.2) is 0 Å². The smallest absolute Gasteiger partial charge is 0.322 e. The molecule has 0 fully saturated rings. The van der Waals surface area contributed by atoms with Gasteiger partial charge in [0.25, 0.3) is 11.8 Å². The second kappa shape index (κ2) is 5.72. The van der Waals surface area contributed by atoms with Crippen molar-refractivity contribution in [2.45, 2.75) is 26.8 Å². The topological polar surface area (TPSA) is 85.8 Å². The molecule has 3 aromatic rings. The summed E-state index contributed by atoms with van der Waals surface area (Å²) in [7, 11) is 0. The summed E-state index contributed by atoms with van der Waals surface area (Å²) >= 11 is 1.49. The highest BCUT2D eigenvalue weighted by Crippen LogP contribution is 2.24. The zero-order valence-corrected chi connectivity index (χ0v) is 13.2. The van der Waals surface area contributed by atoms with E-state index in [2.05, 4.69) is 20.6 Å². The standard InChI is InChI=1S/C14H15N5O2S/c1-8(2)19-10(7-9(3)18-19)12(20)15-14-17-16-13(21-14)11-5-4-6-22-11/h4-8H,1-3H3,(H,15,17,20). The number of hydrogen-bond donors (Lipinski definition) is 1. The molecule has 0 aliphatic carbocycles. The number of aryl methyl sites for hydroxylation is 1. The minimum Gasteiger partial charge on any atom is -0.402 e. The Morgan fingerprint density at radius 1 is 1.41 bits per heavy atom. The maximum absolute atomic E-state index is 12.4. The number of nitrogens with zero attached hydrogens (tertiary/aromatic N) is 4. The molecule has 1 N–H and O–H groups in total. The minimum absolute atomic E-state index is 0.0718. The van der Waals surface area contributed by atoms with Gasteiger partial charge in [-0.2, -0.15) is 5.10 Å². The summed E-state index contributed by atoms with van der Waals surface area (Å²) in [6, 6.07) is 5.65. The van der Waals surface area contributed by atoms with Crippen LogP contribution in [0.3, 0.4) is 0 Å². The molecule has 0 aliphatic rings. The van der Waals surface area contributed by atoms with E-state index >= 15 is 0 Å². The highest BCUT2D eigenvalue weighted by atomic mass is 32.1. The van der Waals surface area contributed by atoms with Crippen LogP contribution in [-0.4, -0.2) is 25.9 Å². The van der Waals surface area contributed by atoms with Crippen LogP contribution >= 0.6 is 11.3 Å². The van der Waals surface area contributed by atoms with Crippen LogP contribution < -0.4 is 5.32 Å². The Labute approximate surface area is 131 Å². The predicted molar refractivity (Wildman–Crippen MR) is 82.9 cm³/mol. The summed E-state index contributed by atoms with van der Waals surface area (Å²) in [5.41, 5.74) is 1.24. The number of thiophene rings is 1. The zero-order valence-electron chi connectivity index (χ0n) is 12.4. The first kappa shape index (κ1) is 14.5. The second-order valence-electron chi connectivity index (χ2n) is 5.05. The number of hydrogen-bond acceptors (Lipinski definition) is 6. The molecule has 22 heavy (non-hydrogen) atoms. The van der Waals surface area contributed by atoms with E-state index in [4.69, 9.17) is 4.42 Å². The zero-order chi connectivity index (χ0) is 15.7. The van der Waals surface area contributed by atoms with E-state index in [1.54, 1.807) is 10.7 Å². The van der Waals surface area contributed by atoms with Crippen molar-refractivity contribution in [1.82, 2.24) is 20.0 Å². The van der Waals surface area contributed by atoms with Crippen LogP contribution in [0.1, 0.15) is 36.1 Å². The van der Waals surface area contributed by atoms with Gasteiger partial charge in [-0.05, 0) is 38.3 Å². The van der Waals surface area contributed by atoms with Gasteiger partial charge in [0.15, 0.2) is 0 Å². The average Bonchev–Trinajstić information content (AvgIpc) is 3.16. The quantitative estimate of drug-likeness (QED) is 0.799. The molecule has 7 nitrogen and oxygen atoms in total. The van der Waals surface area contributed by atoms with E-state index < -0.39 is 0 Å². The molecular formula is C14H15N5O2S. The predicted octanol–water partition coefficient (Wildman–Crippen LogP) is 3.14. The van der Waals surface area contributed by atoms with Crippen molar-refractivity contribution >= 4 is 23.3 Å². The largest absolute Gasteiger partial charge is 0.402 e. The summed E-state index contributed by atoms with van der Waals surface area (Å²) in [5, 5.41) is 16.6. The van der Waals surface area contributed by atoms with Crippen molar-refractivity contribution in [3.8, 4) is 10.8 Å². The molecule has 3 aromatic heterocycles. The van der Waals surface area contributed by atoms with Crippen LogP contribution in [0.2, 0.25) is 0 Å². The van der Waals surface area contributed by atoms with Gasteiger partial charge in [0.2, 0.25) is 0 Å². The second-order valence-corrected chi connectivity index (χ2v) is 6.00. The van der Waals surface area contributed by atoms with Gasteiger partial charge in [0.05, 0.1) is 10.6 Å². The van der Waals surface area contributed by atoms with Gasteiger partial charge in [0, 0.05) is 6.04 Å². The molecular weight excluding hydrogens is 302 g/mol. The molecule has 0 unspecified atom stereocenters. The number of amides is 1. The molecule has 0 bridgehead atoms. The van der Waals surface area contributed by atoms with Crippen molar-refractivity contribution in [3.05, 3.63) is 35.0 Å². The Morgan fingerprint density at radius 3 is 2.91 bits per heavy atom. The summed E-state index contributed by atoms with van der Waals surface area (Å²) in [4.78, 5) is 13.2. The molecule has 114 valence electrons. The lowest BCUT2D eigenvalue weighted by atomic mass is 10.3. The molecule has 8 heteroatoms. The van der Waals surface area contributed by atoms with E-state index in [1.165, 1.54) is 11.3 Å². The normalized spacial score (nSPS) is 11.1. The van der Waals surface area contributed by atoms with Gasteiger partial charge in [0.1, 0.15) is 5.69 Å². The third-order valence-corrected chi connectivity index (χ3v) is 3.81. The molecule has 1 amide bonds. The third-order valence-electron chi connectivity index (χ3n) is 2.96. The number of nitrogens with one attached hydrogen (secondary N) is 1. The lowest BCUT2D eigenvalue weighted by molar-refractivity contribution is 0.101. The molecule has 0 radical (unpaired) electrons. The first-order valence-corrected chi connectivity index (χ1v) is 7.67. The fourth-order valence-electron chi connectivity index (χ4n) is 2.01. The van der Waals surface area contributed by atoms with Crippen molar-refractivity contribution in [2.24, 2.45) is 0 Å². The van der Waals surface area contributed by atoms with E-state index in [9.17, 15) is 4.79 Å². The number of rotatable bonds is 4. The first-order valence-electron chi connectivity index (χ1n) is 6.79. The van der Waals surface area contributed by atoms with Gasteiger partial charge >= 0.3 is 6.01 Å². The SMILES string of the molecule is Cc1cc(C(=O)Nc2nnc(-c3cccs3)o2)n(C(C)C)n1. The van der Waals surface area contributed by atoms with Gasteiger partial charge in [-0.15, -0.1) is 16.4 Å². The summed E-state index contributed by atoms with van der Waals surface area (Å²) in [6.07, 6.45) is 0. The molecule has 0 atom stereocenters. The molecule has 0 spiro atoms. The third kappa shape index (κ3) is 2.77. The maximum Gasteiger partial charge on any atom is 0.322 e. The highest BCUT2D eigenvalue weighted by Gasteiger charge is 2.18. The molecule has 0 saturated heterocycles. The fourth-order valence-corrected chi connectivity index (χ4v) is 2.66. The number of carbonyl (C=O) groups is 1. The molecule has 0 saturated carbocycles. The van der Waals surface area contributed by atoms with Gasteiger partial charge < -0.3 is 4.42 Å². The van der Waals surface area contributed by atoms with E-state index in [0.717, 1.165) is 10.6 Å². The highest BCUT2D eigenvalue weighted by molar-refractivity contribution is 7.13. The van der Waals surface area contributed by atoms with Crippen LogP contribution in [0.25, 0.3) is 10.8 Å². The molecule has 3 heterocycles. The van der Waals surface area contributed by atoms with Crippen LogP contribution in [0.4, 0.5) is 6.01 Å². The lowest BCUT2D eigenvalue weighted by Gasteiger charge is -2.09. The molecule has 0 aromatic carbocycles. The Kier molecular flexibility index (Phi) is 3.76. The first-order chi connectivity index (χ1) is 10.5. The van der Waals surface area contributed by atoms with Gasteiger partial charge in [-0.3, -0.25) is 14.8 Å². The maximum atomic E-state index is 12.4. The monoisotopic (exact) mass is 317 g/mol. The Balaban J connectivity index is 1.80. The molecule has 3 rings (SSSR count). The Morgan fingerprint density at radius 2 is 2.23 bits per heavy atom. The molecule has 0 aliphatic heterocycles. The van der Waals surface area contributed by atoms with Crippen molar-refractivity contribution in [1.29, 1.82) is 0 Å².